The van der Waals surface area contributed by atoms with Crippen molar-refractivity contribution in [2.45, 2.75) is 39.0 Å². The quantitative estimate of drug-likeness (QED) is 0.615. The van der Waals surface area contributed by atoms with Crippen molar-refractivity contribution in [3.63, 3.8) is 0 Å². The molecule has 1 aliphatic carbocycles. The molecule has 0 unspecified atom stereocenters. The van der Waals surface area contributed by atoms with Gasteiger partial charge in [-0.25, -0.2) is 0 Å². The van der Waals surface area contributed by atoms with Gasteiger partial charge in [-0.2, -0.15) is 0 Å². The number of aryl methyl sites for hydroxylation is 3. The van der Waals surface area contributed by atoms with E-state index in [4.69, 9.17) is 4.74 Å². The number of Topliss-reactive ketones (excluding diaryl/α,β-unsaturated/α-hetero) is 1. The smallest absolute Gasteiger partial charge is 0.317 e. The van der Waals surface area contributed by atoms with Crippen LogP contribution in [0.3, 0.4) is 0 Å². The van der Waals surface area contributed by atoms with Crippen LogP contribution in [0.1, 0.15) is 45.5 Å². The van der Waals surface area contributed by atoms with Gasteiger partial charge in [0.25, 0.3) is 0 Å². The molecule has 3 rings (SSSR count). The maximum Gasteiger partial charge on any atom is 0.317 e. The van der Waals surface area contributed by atoms with Gasteiger partial charge in [0.1, 0.15) is 0 Å². The van der Waals surface area contributed by atoms with Gasteiger partial charge >= 0.3 is 5.97 Å². The minimum absolute atomic E-state index is 0.146. The molecule has 1 saturated carbocycles. The first kappa shape index (κ1) is 16.4. The van der Waals surface area contributed by atoms with Crippen molar-refractivity contribution < 1.29 is 14.3 Å². The summed E-state index contributed by atoms with van der Waals surface area (Å²) < 4.78 is 5.38. The van der Waals surface area contributed by atoms with Crippen LogP contribution in [0.25, 0.3) is 0 Å². The molecular formula is C21H22O3. The van der Waals surface area contributed by atoms with Crippen molar-refractivity contribution in [1.29, 1.82) is 0 Å². The Morgan fingerprint density at radius 1 is 0.958 bits per heavy atom. The molecule has 0 bridgehead atoms. The Balaban J connectivity index is 1.69. The molecular weight excluding hydrogens is 300 g/mol. The lowest BCUT2D eigenvalue weighted by atomic mass is 9.96. The van der Waals surface area contributed by atoms with Crippen molar-refractivity contribution in [2.24, 2.45) is 0 Å². The maximum atomic E-state index is 12.5. The molecule has 0 N–H and O–H groups in total. The summed E-state index contributed by atoms with van der Waals surface area (Å²) in [4.78, 5) is 24.9. The molecule has 2 aromatic rings. The number of ketones is 1. The summed E-state index contributed by atoms with van der Waals surface area (Å²) in [6.45, 7) is 5.71. The maximum absolute atomic E-state index is 12.5. The lowest BCUT2D eigenvalue weighted by Gasteiger charge is -2.15. The number of carbonyl (C=O) groups is 2. The highest BCUT2D eigenvalue weighted by Crippen LogP contribution is 2.49. The molecule has 0 aromatic heterocycles. The van der Waals surface area contributed by atoms with Gasteiger partial charge in [-0.1, -0.05) is 36.4 Å². The van der Waals surface area contributed by atoms with Crippen molar-refractivity contribution in [3.8, 4) is 0 Å². The van der Waals surface area contributed by atoms with Gasteiger partial charge in [-0.05, 0) is 61.9 Å². The molecule has 124 valence electrons. The van der Waals surface area contributed by atoms with Gasteiger partial charge in [0.05, 0.1) is 5.41 Å². The Morgan fingerprint density at radius 2 is 1.58 bits per heavy atom. The van der Waals surface area contributed by atoms with Gasteiger partial charge in [-0.15, -0.1) is 0 Å². The Bertz CT molecular complexity index is 786. The normalized spacial score (nSPS) is 15.0. The van der Waals surface area contributed by atoms with Gasteiger partial charge in [0.15, 0.2) is 6.61 Å². The molecule has 0 amide bonds. The third kappa shape index (κ3) is 2.99. The zero-order valence-corrected chi connectivity index (χ0v) is 14.4. The number of hydrogen-bond acceptors (Lipinski definition) is 3. The SMILES string of the molecule is Cc1cc(C)c(C(=O)COC(=O)C2(c3ccccc3)CC2)cc1C. The number of ether oxygens (including phenoxy) is 1. The molecule has 24 heavy (non-hydrogen) atoms. The standard InChI is InChI=1S/C21H22O3/c1-14-11-16(3)18(12-15(14)2)19(22)13-24-20(23)21(9-10-21)17-7-5-4-6-8-17/h4-8,11-12H,9-10,13H2,1-3H3. The highest BCUT2D eigenvalue weighted by atomic mass is 16.5. The van der Waals surface area contributed by atoms with E-state index in [1.165, 1.54) is 0 Å². The predicted octanol–water partition coefficient (Wildman–Crippen LogP) is 4.07. The summed E-state index contributed by atoms with van der Waals surface area (Å²) in [6.07, 6.45) is 1.57. The van der Waals surface area contributed by atoms with E-state index in [2.05, 4.69) is 0 Å². The molecule has 2 aromatic carbocycles. The molecule has 1 fully saturated rings. The molecule has 3 nitrogen and oxygen atoms in total. The van der Waals surface area contributed by atoms with Crippen molar-refractivity contribution in [1.82, 2.24) is 0 Å². The average molecular weight is 322 g/mol. The zero-order valence-electron chi connectivity index (χ0n) is 14.4. The minimum atomic E-state index is -0.542. The van der Waals surface area contributed by atoms with Crippen molar-refractivity contribution >= 4 is 11.8 Å². The fraction of sp³-hybridized carbons (Fsp3) is 0.333. The average Bonchev–Trinajstić information content (AvgIpc) is 3.38. The second kappa shape index (κ2) is 6.23. The highest BCUT2D eigenvalue weighted by molar-refractivity contribution is 6.00. The first-order valence-electron chi connectivity index (χ1n) is 8.28. The van der Waals surface area contributed by atoms with E-state index in [9.17, 15) is 9.59 Å². The summed E-state index contributed by atoms with van der Waals surface area (Å²) in [5, 5.41) is 0. The number of carbonyl (C=O) groups excluding carboxylic acids is 2. The van der Waals surface area contributed by atoms with E-state index in [-0.39, 0.29) is 18.4 Å². The lowest BCUT2D eigenvalue weighted by Crippen LogP contribution is -2.26. The monoisotopic (exact) mass is 322 g/mol. The van der Waals surface area contributed by atoms with Crippen molar-refractivity contribution in [2.75, 3.05) is 6.61 Å². The van der Waals surface area contributed by atoms with Crippen LogP contribution in [0.4, 0.5) is 0 Å². The molecule has 3 heteroatoms. The Hall–Kier alpha value is -2.42. The summed E-state index contributed by atoms with van der Waals surface area (Å²) >= 11 is 0. The summed E-state index contributed by atoms with van der Waals surface area (Å²) in [7, 11) is 0. The molecule has 0 heterocycles. The third-order valence-corrected chi connectivity index (χ3v) is 4.94. The first-order valence-corrected chi connectivity index (χ1v) is 8.28. The second-order valence-electron chi connectivity index (χ2n) is 6.70. The van der Waals surface area contributed by atoms with Gasteiger partial charge in [-0.3, -0.25) is 9.59 Å². The fourth-order valence-electron chi connectivity index (χ4n) is 3.10. The Labute approximate surface area is 142 Å². The van der Waals surface area contributed by atoms with Crippen molar-refractivity contribution in [3.05, 3.63) is 70.3 Å². The topological polar surface area (TPSA) is 43.4 Å². The summed E-state index contributed by atoms with van der Waals surface area (Å²) in [5.41, 5.74) is 4.21. The van der Waals surface area contributed by atoms with Gasteiger partial charge in [0, 0.05) is 5.56 Å². The number of esters is 1. The summed E-state index contributed by atoms with van der Waals surface area (Å²) in [5.74, 6) is -0.434. The molecule has 0 saturated heterocycles. The summed E-state index contributed by atoms with van der Waals surface area (Å²) in [6, 6.07) is 13.5. The second-order valence-corrected chi connectivity index (χ2v) is 6.70. The predicted molar refractivity (Wildman–Crippen MR) is 93.3 cm³/mol. The minimum Gasteiger partial charge on any atom is -0.457 e. The van der Waals surface area contributed by atoms with Crippen LogP contribution in [-0.4, -0.2) is 18.4 Å². The largest absolute Gasteiger partial charge is 0.457 e. The van der Waals surface area contributed by atoms with Crippen LogP contribution < -0.4 is 0 Å². The van der Waals surface area contributed by atoms with Crippen LogP contribution in [0.5, 0.6) is 0 Å². The lowest BCUT2D eigenvalue weighted by molar-refractivity contribution is -0.145. The van der Waals surface area contributed by atoms with Crippen LogP contribution in [0, 0.1) is 20.8 Å². The Morgan fingerprint density at radius 3 is 2.21 bits per heavy atom. The molecule has 0 radical (unpaired) electrons. The van der Waals surface area contributed by atoms with Gasteiger partial charge < -0.3 is 4.74 Å². The van der Waals surface area contributed by atoms with Gasteiger partial charge in [0.2, 0.25) is 5.78 Å². The number of rotatable bonds is 5. The van der Waals surface area contributed by atoms with Crippen LogP contribution >= 0.6 is 0 Å². The highest BCUT2D eigenvalue weighted by Gasteiger charge is 2.52. The van der Waals surface area contributed by atoms with E-state index < -0.39 is 5.41 Å². The molecule has 0 spiro atoms. The zero-order chi connectivity index (χ0) is 17.3. The van der Waals surface area contributed by atoms with Crippen LogP contribution in [0.15, 0.2) is 42.5 Å². The first-order chi connectivity index (χ1) is 11.4. The van der Waals surface area contributed by atoms with E-state index in [1.54, 1.807) is 0 Å². The number of benzene rings is 2. The molecule has 1 aliphatic rings. The fourth-order valence-corrected chi connectivity index (χ4v) is 3.10. The van der Waals surface area contributed by atoms with Crippen LogP contribution in [0.2, 0.25) is 0 Å². The van der Waals surface area contributed by atoms with E-state index in [0.29, 0.717) is 5.56 Å². The van der Waals surface area contributed by atoms with E-state index in [0.717, 1.165) is 35.1 Å². The van der Waals surface area contributed by atoms with E-state index in [1.807, 2.05) is 63.2 Å². The van der Waals surface area contributed by atoms with E-state index >= 15 is 0 Å². The molecule has 0 aliphatic heterocycles. The molecule has 0 atom stereocenters. The number of hydrogen-bond donors (Lipinski definition) is 0. The Kier molecular flexibility index (Phi) is 4.27. The van der Waals surface area contributed by atoms with Crippen LogP contribution in [-0.2, 0) is 14.9 Å². The third-order valence-electron chi connectivity index (χ3n) is 4.94.